The number of aryl methyl sites for hydroxylation is 3. The number of carbonyl (C=O) groups is 1. The SMILES string of the molecule is CCN(CC)C(=O)C(C)(C)c1ccc2[nH]c(-c3cc(C)cc(C)c3)c([C@@H](C)CNCCCCc3ccncc3)c2c1. The van der Waals surface area contributed by atoms with E-state index in [0.29, 0.717) is 0 Å². The molecule has 4 aromatic rings. The molecule has 2 N–H and O–H groups in total. The predicted octanol–water partition coefficient (Wildman–Crippen LogP) is 7.71. The van der Waals surface area contributed by atoms with Crippen molar-refractivity contribution in [3.8, 4) is 11.3 Å². The highest BCUT2D eigenvalue weighted by Gasteiger charge is 2.33. The van der Waals surface area contributed by atoms with Gasteiger partial charge in [0, 0.05) is 42.9 Å². The fourth-order valence-corrected chi connectivity index (χ4v) is 6.04. The molecule has 2 aromatic heterocycles. The summed E-state index contributed by atoms with van der Waals surface area (Å²) in [4.78, 5) is 23.3. The van der Waals surface area contributed by atoms with Crippen LogP contribution in [-0.2, 0) is 16.6 Å². The van der Waals surface area contributed by atoms with Crippen molar-refractivity contribution < 1.29 is 4.79 Å². The summed E-state index contributed by atoms with van der Waals surface area (Å²) >= 11 is 0. The first-order valence-corrected chi connectivity index (χ1v) is 15.3. The average Bonchev–Trinajstić information content (AvgIpc) is 3.34. The largest absolute Gasteiger partial charge is 0.354 e. The van der Waals surface area contributed by atoms with Crippen molar-refractivity contribution in [1.82, 2.24) is 20.2 Å². The van der Waals surface area contributed by atoms with Crippen molar-refractivity contribution >= 4 is 16.8 Å². The monoisotopic (exact) mass is 552 g/mol. The third-order valence-electron chi connectivity index (χ3n) is 8.42. The zero-order chi connectivity index (χ0) is 29.6. The minimum Gasteiger partial charge on any atom is -0.354 e. The molecule has 0 unspecified atom stereocenters. The van der Waals surface area contributed by atoms with Gasteiger partial charge >= 0.3 is 0 Å². The molecule has 0 saturated heterocycles. The Bertz CT molecular complexity index is 1430. The quantitative estimate of drug-likeness (QED) is 0.167. The van der Waals surface area contributed by atoms with E-state index in [9.17, 15) is 4.79 Å². The molecule has 0 fully saturated rings. The van der Waals surface area contributed by atoms with Crippen LogP contribution in [0.15, 0.2) is 60.9 Å². The van der Waals surface area contributed by atoms with Crippen molar-refractivity contribution in [3.63, 3.8) is 0 Å². The number of hydrogen-bond acceptors (Lipinski definition) is 3. The topological polar surface area (TPSA) is 61.0 Å². The summed E-state index contributed by atoms with van der Waals surface area (Å²) in [5.41, 5.74) is 9.17. The van der Waals surface area contributed by atoms with Gasteiger partial charge in [0.1, 0.15) is 0 Å². The van der Waals surface area contributed by atoms with E-state index in [4.69, 9.17) is 0 Å². The Labute approximate surface area is 246 Å². The van der Waals surface area contributed by atoms with Gasteiger partial charge in [-0.3, -0.25) is 9.78 Å². The molecule has 2 aromatic carbocycles. The second-order valence-corrected chi connectivity index (χ2v) is 12.1. The molecule has 0 aliphatic heterocycles. The normalized spacial score (nSPS) is 12.6. The Morgan fingerprint density at radius 2 is 1.66 bits per heavy atom. The van der Waals surface area contributed by atoms with Gasteiger partial charge in [-0.2, -0.15) is 0 Å². The highest BCUT2D eigenvalue weighted by atomic mass is 16.2. The lowest BCUT2D eigenvalue weighted by Crippen LogP contribution is -2.43. The molecule has 0 bridgehead atoms. The van der Waals surface area contributed by atoms with Crippen LogP contribution in [0.25, 0.3) is 22.2 Å². The first-order valence-electron chi connectivity index (χ1n) is 15.3. The fourth-order valence-electron chi connectivity index (χ4n) is 6.04. The minimum absolute atomic E-state index is 0.176. The molecular formula is C36H48N4O. The second kappa shape index (κ2) is 13.5. The number of unbranched alkanes of at least 4 members (excludes halogenated alkanes) is 1. The molecule has 1 amide bonds. The molecule has 0 aliphatic carbocycles. The summed E-state index contributed by atoms with van der Waals surface area (Å²) in [6.07, 6.45) is 7.12. The molecule has 0 radical (unpaired) electrons. The number of amides is 1. The molecule has 4 rings (SSSR count). The Balaban J connectivity index is 1.62. The lowest BCUT2D eigenvalue weighted by atomic mass is 9.81. The van der Waals surface area contributed by atoms with Gasteiger partial charge in [0.05, 0.1) is 11.1 Å². The molecule has 0 spiro atoms. The van der Waals surface area contributed by atoms with E-state index < -0.39 is 5.41 Å². The predicted molar refractivity (Wildman–Crippen MR) is 173 cm³/mol. The summed E-state index contributed by atoms with van der Waals surface area (Å²) in [6.45, 7) is 18.2. The van der Waals surface area contributed by atoms with E-state index in [1.165, 1.54) is 38.9 Å². The molecule has 5 heteroatoms. The molecule has 0 saturated carbocycles. The van der Waals surface area contributed by atoms with Gasteiger partial charge in [-0.1, -0.05) is 30.2 Å². The number of aromatic amines is 1. The lowest BCUT2D eigenvalue weighted by Gasteiger charge is -2.31. The van der Waals surface area contributed by atoms with Crippen LogP contribution in [-0.4, -0.2) is 47.0 Å². The van der Waals surface area contributed by atoms with Crippen molar-refractivity contribution in [2.24, 2.45) is 0 Å². The van der Waals surface area contributed by atoms with Gasteiger partial charge in [0.15, 0.2) is 0 Å². The minimum atomic E-state index is -0.606. The van der Waals surface area contributed by atoms with Gasteiger partial charge < -0.3 is 15.2 Å². The zero-order valence-corrected chi connectivity index (χ0v) is 26.1. The standard InChI is InChI=1S/C36H48N4O/c1-8-40(9-2)35(41)36(6,7)30-13-14-32-31(23-30)33(34(39-32)29-21-25(3)20-26(4)22-29)27(5)24-38-17-11-10-12-28-15-18-37-19-16-28/h13-16,18-23,27,38-39H,8-12,17,24H2,1-7H3/t27-/m0/s1. The summed E-state index contributed by atoms with van der Waals surface area (Å²) in [6, 6.07) is 17.5. The molecule has 218 valence electrons. The van der Waals surface area contributed by atoms with E-state index >= 15 is 0 Å². The number of nitrogens with zero attached hydrogens (tertiary/aromatic N) is 2. The number of aromatic nitrogens is 2. The van der Waals surface area contributed by atoms with Crippen LogP contribution in [0.1, 0.15) is 81.2 Å². The van der Waals surface area contributed by atoms with Crippen LogP contribution in [0.3, 0.4) is 0 Å². The summed E-state index contributed by atoms with van der Waals surface area (Å²) in [7, 11) is 0. The van der Waals surface area contributed by atoms with Crippen molar-refractivity contribution in [1.29, 1.82) is 0 Å². The molecule has 2 heterocycles. The molecule has 5 nitrogen and oxygen atoms in total. The Morgan fingerprint density at radius 1 is 0.976 bits per heavy atom. The van der Waals surface area contributed by atoms with Crippen LogP contribution in [0.2, 0.25) is 0 Å². The Hall–Kier alpha value is -3.44. The molecular weight excluding hydrogens is 504 g/mol. The second-order valence-electron chi connectivity index (χ2n) is 12.1. The number of rotatable bonds is 13. The van der Waals surface area contributed by atoms with E-state index in [0.717, 1.165) is 56.5 Å². The number of H-pyrrole nitrogens is 1. The third kappa shape index (κ3) is 7.08. The molecule has 0 aliphatic rings. The third-order valence-corrected chi connectivity index (χ3v) is 8.42. The smallest absolute Gasteiger partial charge is 0.232 e. The van der Waals surface area contributed by atoms with Crippen molar-refractivity contribution in [3.05, 3.63) is 88.7 Å². The maximum absolute atomic E-state index is 13.5. The van der Waals surface area contributed by atoms with Crippen LogP contribution >= 0.6 is 0 Å². The first kappa shape index (κ1) is 30.5. The Kier molecular flexibility index (Phi) is 10.0. The number of carbonyl (C=O) groups excluding carboxylic acids is 1. The van der Waals surface area contributed by atoms with E-state index in [2.05, 4.69) is 112 Å². The van der Waals surface area contributed by atoms with E-state index in [1.807, 2.05) is 17.3 Å². The fraction of sp³-hybridized carbons (Fsp3) is 0.444. The summed E-state index contributed by atoms with van der Waals surface area (Å²) in [5, 5.41) is 4.94. The van der Waals surface area contributed by atoms with Gasteiger partial charge in [-0.05, 0) is 132 Å². The van der Waals surface area contributed by atoms with Crippen LogP contribution in [0.4, 0.5) is 0 Å². The number of benzene rings is 2. The number of pyridine rings is 1. The van der Waals surface area contributed by atoms with Crippen molar-refractivity contribution in [2.45, 2.75) is 79.1 Å². The molecule has 1 atom stereocenters. The maximum atomic E-state index is 13.5. The van der Waals surface area contributed by atoms with Crippen LogP contribution in [0, 0.1) is 13.8 Å². The first-order chi connectivity index (χ1) is 19.6. The van der Waals surface area contributed by atoms with Gasteiger partial charge in [-0.15, -0.1) is 0 Å². The summed E-state index contributed by atoms with van der Waals surface area (Å²) in [5.74, 6) is 0.464. The van der Waals surface area contributed by atoms with Crippen LogP contribution in [0.5, 0.6) is 0 Å². The number of fused-ring (bicyclic) bond motifs is 1. The highest BCUT2D eigenvalue weighted by Crippen LogP contribution is 2.38. The Morgan fingerprint density at radius 3 is 2.32 bits per heavy atom. The highest BCUT2D eigenvalue weighted by molar-refractivity contribution is 5.94. The lowest BCUT2D eigenvalue weighted by molar-refractivity contribution is -0.135. The summed E-state index contributed by atoms with van der Waals surface area (Å²) < 4.78 is 0. The van der Waals surface area contributed by atoms with Crippen LogP contribution < -0.4 is 5.32 Å². The van der Waals surface area contributed by atoms with E-state index in [-0.39, 0.29) is 11.8 Å². The number of nitrogens with one attached hydrogen (secondary N) is 2. The van der Waals surface area contributed by atoms with Gasteiger partial charge in [-0.25, -0.2) is 0 Å². The van der Waals surface area contributed by atoms with E-state index in [1.54, 1.807) is 0 Å². The van der Waals surface area contributed by atoms with Gasteiger partial charge in [0.2, 0.25) is 5.91 Å². The zero-order valence-electron chi connectivity index (χ0n) is 26.1. The van der Waals surface area contributed by atoms with Gasteiger partial charge in [0.25, 0.3) is 0 Å². The van der Waals surface area contributed by atoms with Crippen molar-refractivity contribution in [2.75, 3.05) is 26.2 Å². The average molecular weight is 553 g/mol. The molecule has 41 heavy (non-hydrogen) atoms. The number of likely N-dealkylation sites (N-methyl/N-ethyl adjacent to an activating group) is 1. The maximum Gasteiger partial charge on any atom is 0.232 e. The number of hydrogen-bond donors (Lipinski definition) is 2.